The number of carbonyl (C=O) groups is 2. The monoisotopic (exact) mass is 331 g/mol. The molecule has 1 aromatic rings. The molecule has 1 aromatic carbocycles. The lowest BCUT2D eigenvalue weighted by Crippen LogP contribution is -2.59. The Hall–Kier alpha value is -2.04. The molecule has 0 radical (unpaired) electrons. The third-order valence-corrected chi connectivity index (χ3v) is 5.14. The van der Waals surface area contributed by atoms with Crippen LogP contribution in [0.4, 0.5) is 0 Å². The van der Waals surface area contributed by atoms with E-state index in [9.17, 15) is 14.7 Å². The molecule has 2 saturated carbocycles. The van der Waals surface area contributed by atoms with E-state index in [2.05, 4.69) is 5.32 Å². The molecule has 1 amide bonds. The minimum absolute atomic E-state index is 0.195. The fourth-order valence-electron chi connectivity index (χ4n) is 3.48. The van der Waals surface area contributed by atoms with E-state index in [0.717, 1.165) is 30.6 Å². The molecule has 3 rings (SSSR count). The van der Waals surface area contributed by atoms with Gasteiger partial charge in [-0.25, -0.2) is 4.79 Å². The predicted octanol–water partition coefficient (Wildman–Crippen LogP) is 3.06. The van der Waals surface area contributed by atoms with Gasteiger partial charge in [0, 0.05) is 6.42 Å². The number of amides is 1. The van der Waals surface area contributed by atoms with Crippen LogP contribution in [0.25, 0.3) is 0 Å². The summed E-state index contributed by atoms with van der Waals surface area (Å²) in [6.45, 7) is 0. The summed E-state index contributed by atoms with van der Waals surface area (Å²) in [6, 6.07) is 7.87. The molecule has 0 atom stereocenters. The van der Waals surface area contributed by atoms with Crippen molar-refractivity contribution in [3.63, 3.8) is 0 Å². The zero-order chi connectivity index (χ0) is 17.0. The molecule has 0 bridgehead atoms. The lowest BCUT2D eigenvalue weighted by atomic mass is 9.76. The van der Waals surface area contributed by atoms with Gasteiger partial charge in [-0.15, -0.1) is 0 Å². The first kappa shape index (κ1) is 16.8. The summed E-state index contributed by atoms with van der Waals surface area (Å²) >= 11 is 0. The minimum atomic E-state index is -1.02. The van der Waals surface area contributed by atoms with Gasteiger partial charge in [-0.2, -0.15) is 0 Å². The summed E-state index contributed by atoms with van der Waals surface area (Å²) in [4.78, 5) is 23.4. The van der Waals surface area contributed by atoms with Crippen LogP contribution in [0, 0.1) is 0 Å². The summed E-state index contributed by atoms with van der Waals surface area (Å²) in [5.74, 6) is -0.255. The summed E-state index contributed by atoms with van der Waals surface area (Å²) in [5.41, 5.74) is 0.0171. The highest BCUT2D eigenvalue weighted by Gasteiger charge is 2.45. The largest absolute Gasteiger partial charge is 0.490 e. The van der Waals surface area contributed by atoms with E-state index < -0.39 is 11.5 Å². The second-order valence-electron chi connectivity index (χ2n) is 6.96. The number of hydrogen-bond donors (Lipinski definition) is 2. The van der Waals surface area contributed by atoms with Gasteiger partial charge < -0.3 is 15.2 Å². The SMILES string of the molecule is O=C(CCc1cccc(OC2CCCC2)c1)NC1(C(=O)O)CCC1. The number of carboxylic acid groups (broad SMARTS) is 1. The standard InChI is InChI=1S/C19H25NO4/c21-17(20-19(18(22)23)11-4-12-19)10-9-14-5-3-8-16(13-14)24-15-6-1-2-7-15/h3,5,8,13,15H,1-2,4,6-7,9-12H2,(H,20,21)(H,22,23). The van der Waals surface area contributed by atoms with E-state index in [0.29, 0.717) is 31.8 Å². The number of benzene rings is 1. The van der Waals surface area contributed by atoms with Gasteiger partial charge in [0.25, 0.3) is 0 Å². The van der Waals surface area contributed by atoms with Crippen LogP contribution < -0.4 is 10.1 Å². The van der Waals surface area contributed by atoms with Crippen LogP contribution in [-0.4, -0.2) is 28.6 Å². The quantitative estimate of drug-likeness (QED) is 0.805. The fraction of sp³-hybridized carbons (Fsp3) is 0.579. The minimum Gasteiger partial charge on any atom is -0.490 e. The third kappa shape index (κ3) is 3.89. The van der Waals surface area contributed by atoms with E-state index in [4.69, 9.17) is 4.74 Å². The normalized spacial score (nSPS) is 19.5. The van der Waals surface area contributed by atoms with Crippen LogP contribution in [-0.2, 0) is 16.0 Å². The van der Waals surface area contributed by atoms with Crippen molar-refractivity contribution in [1.29, 1.82) is 0 Å². The molecule has 0 unspecified atom stereocenters. The zero-order valence-electron chi connectivity index (χ0n) is 13.9. The number of aryl methyl sites for hydroxylation is 1. The molecule has 2 aliphatic carbocycles. The Balaban J connectivity index is 1.50. The molecule has 2 N–H and O–H groups in total. The molecule has 0 saturated heterocycles. The second kappa shape index (κ2) is 7.24. The zero-order valence-corrected chi connectivity index (χ0v) is 13.9. The van der Waals surface area contributed by atoms with Crippen LogP contribution in [0.3, 0.4) is 0 Å². The maximum Gasteiger partial charge on any atom is 0.329 e. The molecule has 0 heterocycles. The molecule has 5 heteroatoms. The van der Waals surface area contributed by atoms with Gasteiger partial charge >= 0.3 is 5.97 Å². The van der Waals surface area contributed by atoms with Crippen LogP contribution in [0.5, 0.6) is 5.75 Å². The first-order valence-electron chi connectivity index (χ1n) is 8.87. The number of carboxylic acids is 1. The molecule has 2 aliphatic rings. The number of carbonyl (C=O) groups excluding carboxylic acids is 1. The Morgan fingerprint density at radius 1 is 1.21 bits per heavy atom. The lowest BCUT2D eigenvalue weighted by Gasteiger charge is -2.38. The molecule has 5 nitrogen and oxygen atoms in total. The Bertz CT molecular complexity index is 603. The Morgan fingerprint density at radius 3 is 2.58 bits per heavy atom. The van der Waals surface area contributed by atoms with Crippen molar-refractivity contribution in [3.8, 4) is 5.75 Å². The number of hydrogen-bond acceptors (Lipinski definition) is 3. The molecule has 0 spiro atoms. The smallest absolute Gasteiger partial charge is 0.329 e. The first-order chi connectivity index (χ1) is 11.6. The fourth-order valence-corrected chi connectivity index (χ4v) is 3.48. The van der Waals surface area contributed by atoms with Gasteiger partial charge in [-0.1, -0.05) is 12.1 Å². The maximum absolute atomic E-state index is 12.1. The summed E-state index contributed by atoms with van der Waals surface area (Å²) in [7, 11) is 0. The van der Waals surface area contributed by atoms with Crippen molar-refractivity contribution < 1.29 is 19.4 Å². The topological polar surface area (TPSA) is 75.6 Å². The predicted molar refractivity (Wildman–Crippen MR) is 90.0 cm³/mol. The van der Waals surface area contributed by atoms with Crippen LogP contribution >= 0.6 is 0 Å². The van der Waals surface area contributed by atoms with Crippen molar-refractivity contribution in [2.45, 2.75) is 69.4 Å². The average Bonchev–Trinajstić information content (AvgIpc) is 3.02. The average molecular weight is 331 g/mol. The highest BCUT2D eigenvalue weighted by molar-refractivity contribution is 5.87. The Labute approximate surface area is 142 Å². The molecule has 0 aromatic heterocycles. The third-order valence-electron chi connectivity index (χ3n) is 5.14. The summed E-state index contributed by atoms with van der Waals surface area (Å²) in [6.07, 6.45) is 7.80. The van der Waals surface area contributed by atoms with E-state index in [1.54, 1.807) is 0 Å². The Morgan fingerprint density at radius 2 is 1.96 bits per heavy atom. The molecule has 130 valence electrons. The van der Waals surface area contributed by atoms with E-state index >= 15 is 0 Å². The second-order valence-corrected chi connectivity index (χ2v) is 6.96. The molecule has 2 fully saturated rings. The van der Waals surface area contributed by atoms with Gasteiger partial charge in [0.05, 0.1) is 6.10 Å². The maximum atomic E-state index is 12.1. The number of nitrogens with one attached hydrogen (secondary N) is 1. The molecular weight excluding hydrogens is 306 g/mol. The van der Waals surface area contributed by atoms with E-state index in [1.807, 2.05) is 24.3 Å². The van der Waals surface area contributed by atoms with Crippen LogP contribution in [0.1, 0.15) is 56.9 Å². The van der Waals surface area contributed by atoms with Gasteiger partial charge in [0.15, 0.2) is 0 Å². The van der Waals surface area contributed by atoms with Crippen LogP contribution in [0.2, 0.25) is 0 Å². The lowest BCUT2D eigenvalue weighted by molar-refractivity contribution is -0.151. The number of aliphatic carboxylic acids is 1. The molecular formula is C19H25NO4. The van der Waals surface area contributed by atoms with Crippen molar-refractivity contribution in [1.82, 2.24) is 5.32 Å². The highest BCUT2D eigenvalue weighted by Crippen LogP contribution is 2.32. The van der Waals surface area contributed by atoms with Crippen LogP contribution in [0.15, 0.2) is 24.3 Å². The number of rotatable bonds is 7. The molecule has 24 heavy (non-hydrogen) atoms. The Kier molecular flexibility index (Phi) is 5.07. The van der Waals surface area contributed by atoms with Gasteiger partial charge in [-0.05, 0) is 69.1 Å². The van der Waals surface area contributed by atoms with Gasteiger partial charge in [0.1, 0.15) is 11.3 Å². The van der Waals surface area contributed by atoms with Crippen molar-refractivity contribution in [2.75, 3.05) is 0 Å². The van der Waals surface area contributed by atoms with Crippen molar-refractivity contribution in [3.05, 3.63) is 29.8 Å². The van der Waals surface area contributed by atoms with Gasteiger partial charge in [0.2, 0.25) is 5.91 Å². The van der Waals surface area contributed by atoms with Gasteiger partial charge in [-0.3, -0.25) is 4.79 Å². The summed E-state index contributed by atoms with van der Waals surface area (Å²) in [5, 5.41) is 12.0. The van der Waals surface area contributed by atoms with Crippen molar-refractivity contribution in [2.24, 2.45) is 0 Å². The van der Waals surface area contributed by atoms with E-state index in [1.165, 1.54) is 12.8 Å². The first-order valence-corrected chi connectivity index (χ1v) is 8.87. The van der Waals surface area contributed by atoms with Crippen molar-refractivity contribution >= 4 is 11.9 Å². The summed E-state index contributed by atoms with van der Waals surface area (Å²) < 4.78 is 5.98. The number of ether oxygens (including phenoxy) is 1. The highest BCUT2D eigenvalue weighted by atomic mass is 16.5. The van der Waals surface area contributed by atoms with E-state index in [-0.39, 0.29) is 5.91 Å². The molecule has 0 aliphatic heterocycles.